The van der Waals surface area contributed by atoms with Gasteiger partial charge in [0.2, 0.25) is 0 Å². The molecule has 0 amide bonds. The van der Waals surface area contributed by atoms with Gasteiger partial charge in [-0.15, -0.1) is 0 Å². The zero-order valence-electron chi connectivity index (χ0n) is 27.7. The van der Waals surface area contributed by atoms with E-state index in [4.69, 9.17) is 33.5 Å². The first-order valence-corrected chi connectivity index (χ1v) is 14.3. The van der Waals surface area contributed by atoms with Crippen LogP contribution >= 0.6 is 0 Å². The number of aromatic nitrogens is 4. The normalized spacial score (nSPS) is 10.2. The Morgan fingerprint density at radius 2 is 1.08 bits per heavy atom. The molecule has 17 nitrogen and oxygen atoms in total. The molecule has 0 bridgehead atoms. The van der Waals surface area contributed by atoms with E-state index >= 15 is 0 Å². The molecule has 0 unspecified atom stereocenters. The fourth-order valence-corrected chi connectivity index (χ4v) is 3.74. The Labute approximate surface area is 294 Å². The van der Waals surface area contributed by atoms with Gasteiger partial charge in [0, 0.05) is 38.7 Å². The molecule has 262 valence electrons. The van der Waals surface area contributed by atoms with E-state index in [0.717, 1.165) is 0 Å². The third-order valence-electron chi connectivity index (χ3n) is 6.04. The Morgan fingerprint density at radius 1 is 0.653 bits per heavy atom. The molecule has 0 aliphatic rings. The van der Waals surface area contributed by atoms with Gasteiger partial charge in [0.05, 0.1) is 46.8 Å². The molecule has 49 heavy (non-hydrogen) atoms. The number of ether oxygens (including phenoxy) is 7. The van der Waals surface area contributed by atoms with Gasteiger partial charge in [0.25, 0.3) is 0 Å². The SMILES string of the molecule is COCCOCCOc1ccc(-n2ccc(C(=O)O)n2)c(O)c1.COCCOCCOc1ccc(-n2ccc(C(=O)OC)n2)c(O)c1.[Li+].[OH-]. The van der Waals surface area contributed by atoms with E-state index in [2.05, 4.69) is 14.9 Å². The first-order valence-electron chi connectivity index (χ1n) is 14.3. The van der Waals surface area contributed by atoms with Crippen LogP contribution in [0.4, 0.5) is 0 Å². The minimum Gasteiger partial charge on any atom is -0.870 e. The van der Waals surface area contributed by atoms with Crippen molar-refractivity contribution in [2.75, 3.05) is 74.2 Å². The number of rotatable bonds is 18. The Hall–Kier alpha value is -4.60. The number of nitrogens with zero attached hydrogens (tertiary/aromatic N) is 4. The number of benzene rings is 2. The minimum absolute atomic E-state index is 0. The largest absolute Gasteiger partial charge is 1.00 e. The number of aromatic carboxylic acids is 1. The molecule has 2 heterocycles. The number of carbonyl (C=O) groups is 2. The summed E-state index contributed by atoms with van der Waals surface area (Å²) in [4.78, 5) is 22.2. The summed E-state index contributed by atoms with van der Waals surface area (Å²) in [6.45, 7) is 3.59. The van der Waals surface area contributed by atoms with Crippen molar-refractivity contribution in [3.63, 3.8) is 0 Å². The number of hydrogen-bond donors (Lipinski definition) is 3. The van der Waals surface area contributed by atoms with Crippen LogP contribution in [-0.2, 0) is 23.7 Å². The van der Waals surface area contributed by atoms with Crippen molar-refractivity contribution in [3.05, 3.63) is 72.3 Å². The number of carboxylic acids is 1. The molecular formula is C31H39LiN4O13. The molecule has 4 N–H and O–H groups in total. The van der Waals surface area contributed by atoms with Crippen molar-refractivity contribution in [1.82, 2.24) is 19.6 Å². The van der Waals surface area contributed by atoms with Gasteiger partial charge >= 0.3 is 30.8 Å². The van der Waals surface area contributed by atoms with E-state index in [1.807, 2.05) is 0 Å². The Kier molecular flexibility index (Phi) is 19.8. The second-order valence-corrected chi connectivity index (χ2v) is 9.30. The number of phenolic OH excluding ortho intramolecular Hbond substituents is 2. The molecule has 2 aromatic heterocycles. The Bertz CT molecular complexity index is 1560. The summed E-state index contributed by atoms with van der Waals surface area (Å²) in [6.07, 6.45) is 3.02. The van der Waals surface area contributed by atoms with E-state index < -0.39 is 11.9 Å². The summed E-state index contributed by atoms with van der Waals surface area (Å²) in [5.74, 6) is -0.771. The van der Waals surface area contributed by atoms with Gasteiger partial charge < -0.3 is 54.0 Å². The average molecular weight is 683 g/mol. The Morgan fingerprint density at radius 3 is 1.47 bits per heavy atom. The molecule has 0 aliphatic carbocycles. The molecule has 4 rings (SSSR count). The van der Waals surface area contributed by atoms with Crippen molar-refractivity contribution >= 4 is 11.9 Å². The number of esters is 1. The van der Waals surface area contributed by atoms with Crippen LogP contribution in [0.3, 0.4) is 0 Å². The van der Waals surface area contributed by atoms with Gasteiger partial charge in [-0.1, -0.05) is 0 Å². The molecule has 0 saturated heterocycles. The number of phenols is 2. The van der Waals surface area contributed by atoms with Crippen LogP contribution in [0.25, 0.3) is 11.4 Å². The number of carboxylic acid groups (broad SMARTS) is 1. The van der Waals surface area contributed by atoms with Crippen molar-refractivity contribution in [2.24, 2.45) is 0 Å². The van der Waals surface area contributed by atoms with Crippen LogP contribution in [-0.4, -0.2) is 126 Å². The molecule has 2 aromatic carbocycles. The monoisotopic (exact) mass is 682 g/mol. The van der Waals surface area contributed by atoms with E-state index in [-0.39, 0.29) is 47.2 Å². The van der Waals surface area contributed by atoms with Crippen LogP contribution < -0.4 is 28.3 Å². The minimum atomic E-state index is -1.13. The van der Waals surface area contributed by atoms with E-state index in [0.29, 0.717) is 75.7 Å². The molecule has 0 spiro atoms. The number of aromatic hydroxyl groups is 2. The van der Waals surface area contributed by atoms with Gasteiger partial charge in [-0.05, 0) is 36.4 Å². The van der Waals surface area contributed by atoms with E-state index in [9.17, 15) is 19.8 Å². The first-order chi connectivity index (χ1) is 22.8. The molecular weight excluding hydrogens is 643 g/mol. The second kappa shape index (κ2) is 22.9. The number of carbonyl (C=O) groups excluding carboxylic acids is 1. The van der Waals surface area contributed by atoms with Crippen LogP contribution in [0.1, 0.15) is 21.0 Å². The van der Waals surface area contributed by atoms with Gasteiger partial charge in [-0.2, -0.15) is 10.2 Å². The molecule has 0 saturated carbocycles. The summed E-state index contributed by atoms with van der Waals surface area (Å²) in [6, 6.07) is 12.4. The topological polar surface area (TPSA) is 225 Å². The van der Waals surface area contributed by atoms with E-state index in [1.54, 1.807) is 44.7 Å². The standard InChI is InChI=1S/C16H20N2O6.C15H18N2O6.Li.H2O/c1-21-7-8-23-9-10-24-12-3-4-14(15(19)11-12)18-6-5-13(17-18)16(20)22-2;1-21-6-7-22-8-9-23-11-2-3-13(14(18)10-11)17-5-4-12(16-17)15(19)20;;/h3-6,11,19H,7-10H2,1-2H3;2-5,10,18H,6-9H2,1H3,(H,19,20);;1H2/q;;+1;/p-1. The third kappa shape index (κ3) is 13.8. The van der Waals surface area contributed by atoms with Crippen molar-refractivity contribution in [2.45, 2.75) is 0 Å². The van der Waals surface area contributed by atoms with E-state index in [1.165, 1.54) is 46.9 Å². The first kappa shape index (κ1) is 42.4. The van der Waals surface area contributed by atoms with Crippen molar-refractivity contribution in [3.8, 4) is 34.4 Å². The summed E-state index contributed by atoms with van der Waals surface area (Å²) in [7, 11) is 4.49. The predicted octanol–water partition coefficient (Wildman–Crippen LogP) is -0.449. The predicted molar refractivity (Wildman–Crippen MR) is 167 cm³/mol. The quantitative estimate of drug-likeness (QED) is 0.0687. The summed E-state index contributed by atoms with van der Waals surface area (Å²) < 4.78 is 38.5. The number of hydrogen-bond acceptors (Lipinski definition) is 14. The van der Waals surface area contributed by atoms with Gasteiger partial charge in [0.15, 0.2) is 11.4 Å². The van der Waals surface area contributed by atoms with Crippen LogP contribution in [0, 0.1) is 0 Å². The zero-order valence-corrected chi connectivity index (χ0v) is 27.7. The molecule has 18 heteroatoms. The Balaban J connectivity index is 0.000000471. The van der Waals surface area contributed by atoms with Gasteiger partial charge in [0.1, 0.15) is 47.6 Å². The second-order valence-electron chi connectivity index (χ2n) is 9.30. The van der Waals surface area contributed by atoms with Gasteiger partial charge in [-0.25, -0.2) is 19.0 Å². The maximum atomic E-state index is 11.4. The van der Waals surface area contributed by atoms with Crippen LogP contribution in [0.5, 0.6) is 23.0 Å². The molecule has 0 radical (unpaired) electrons. The number of methoxy groups -OCH3 is 3. The molecule has 0 atom stereocenters. The van der Waals surface area contributed by atoms with Crippen LogP contribution in [0.2, 0.25) is 0 Å². The fraction of sp³-hybridized carbons (Fsp3) is 0.355. The smallest absolute Gasteiger partial charge is 0.870 e. The average Bonchev–Trinajstić information content (AvgIpc) is 3.76. The van der Waals surface area contributed by atoms with Gasteiger partial charge in [-0.3, -0.25) is 0 Å². The van der Waals surface area contributed by atoms with Crippen LogP contribution in [0.15, 0.2) is 60.9 Å². The van der Waals surface area contributed by atoms with Crippen molar-refractivity contribution < 1.29 is 82.4 Å². The maximum Gasteiger partial charge on any atom is 1.00 e. The summed E-state index contributed by atoms with van der Waals surface area (Å²) in [5.41, 5.74) is 0.846. The zero-order chi connectivity index (χ0) is 34.0. The summed E-state index contributed by atoms with van der Waals surface area (Å²) >= 11 is 0. The molecule has 4 aromatic rings. The maximum absolute atomic E-state index is 11.4. The van der Waals surface area contributed by atoms with Crippen molar-refractivity contribution in [1.29, 1.82) is 0 Å². The third-order valence-corrected chi connectivity index (χ3v) is 6.04. The fourth-order valence-electron chi connectivity index (χ4n) is 3.74. The summed E-state index contributed by atoms with van der Waals surface area (Å²) in [5, 5.41) is 36.9. The molecule has 0 fully saturated rings. The molecule has 0 aliphatic heterocycles.